The van der Waals surface area contributed by atoms with Gasteiger partial charge in [-0.15, -0.1) is 0 Å². The van der Waals surface area contributed by atoms with Crippen molar-refractivity contribution >= 4 is 5.71 Å². The second kappa shape index (κ2) is 3.17. The summed E-state index contributed by atoms with van der Waals surface area (Å²) in [5.41, 5.74) is 6.24. The summed E-state index contributed by atoms with van der Waals surface area (Å²) >= 11 is 0. The zero-order valence-electron chi connectivity index (χ0n) is 7.92. The first-order valence-corrected chi connectivity index (χ1v) is 4.33. The number of hydrogen-bond donors (Lipinski definition) is 1. The van der Waals surface area contributed by atoms with Crippen LogP contribution in [-0.4, -0.2) is 17.9 Å². The van der Waals surface area contributed by atoms with Gasteiger partial charge in [-0.3, -0.25) is 4.99 Å². The molecule has 1 unspecified atom stereocenters. The lowest BCUT2D eigenvalue weighted by Crippen LogP contribution is -2.32. The molecule has 0 radical (unpaired) electrons. The van der Waals surface area contributed by atoms with Crippen LogP contribution in [0, 0.1) is 0 Å². The van der Waals surface area contributed by atoms with Crippen molar-refractivity contribution in [1.29, 1.82) is 0 Å². The van der Waals surface area contributed by atoms with Crippen molar-refractivity contribution < 1.29 is 4.74 Å². The van der Waals surface area contributed by atoms with Gasteiger partial charge in [-0.25, -0.2) is 0 Å². The van der Waals surface area contributed by atoms with Crippen molar-refractivity contribution in [1.82, 2.24) is 0 Å². The number of hydrogen-bond acceptors (Lipinski definition) is 3. The summed E-state index contributed by atoms with van der Waals surface area (Å²) in [5, 5.41) is 0. The SMILES string of the molecule is CCN=C1C=C(N)OC1(C)CC. The van der Waals surface area contributed by atoms with E-state index in [-0.39, 0.29) is 5.60 Å². The molecule has 0 amide bonds. The topological polar surface area (TPSA) is 47.6 Å². The summed E-state index contributed by atoms with van der Waals surface area (Å²) in [6.07, 6.45) is 2.70. The largest absolute Gasteiger partial charge is 0.467 e. The van der Waals surface area contributed by atoms with Gasteiger partial charge in [-0.05, 0) is 20.3 Å². The van der Waals surface area contributed by atoms with Crippen LogP contribution in [0.2, 0.25) is 0 Å². The van der Waals surface area contributed by atoms with Gasteiger partial charge < -0.3 is 10.5 Å². The molecule has 3 nitrogen and oxygen atoms in total. The Labute approximate surface area is 73.3 Å². The molecule has 2 N–H and O–H groups in total. The van der Waals surface area contributed by atoms with Gasteiger partial charge in [0.25, 0.3) is 0 Å². The molecule has 0 bridgehead atoms. The van der Waals surface area contributed by atoms with Crippen LogP contribution in [-0.2, 0) is 4.74 Å². The van der Waals surface area contributed by atoms with Crippen LogP contribution in [0.4, 0.5) is 0 Å². The number of aliphatic imine (C=N–C) groups is 1. The first kappa shape index (κ1) is 9.10. The summed E-state index contributed by atoms with van der Waals surface area (Å²) in [6, 6.07) is 0. The third kappa shape index (κ3) is 1.44. The molecule has 68 valence electrons. The highest BCUT2D eigenvalue weighted by Gasteiger charge is 2.34. The lowest BCUT2D eigenvalue weighted by atomic mass is 9.98. The van der Waals surface area contributed by atoms with Crippen LogP contribution in [0.1, 0.15) is 27.2 Å². The number of nitrogens with two attached hydrogens (primary N) is 1. The first-order chi connectivity index (χ1) is 5.62. The number of ether oxygens (including phenoxy) is 1. The van der Waals surface area contributed by atoms with Crippen molar-refractivity contribution in [2.75, 3.05) is 6.54 Å². The van der Waals surface area contributed by atoms with Crippen LogP contribution in [0.15, 0.2) is 17.0 Å². The van der Waals surface area contributed by atoms with Crippen LogP contribution in [0.5, 0.6) is 0 Å². The normalized spacial score (nSPS) is 31.9. The molecule has 0 saturated heterocycles. The predicted molar refractivity (Wildman–Crippen MR) is 50.0 cm³/mol. The van der Waals surface area contributed by atoms with E-state index in [1.807, 2.05) is 19.9 Å². The third-order valence-corrected chi connectivity index (χ3v) is 2.17. The maximum absolute atomic E-state index is 5.56. The lowest BCUT2D eigenvalue weighted by molar-refractivity contribution is 0.0870. The van der Waals surface area contributed by atoms with Gasteiger partial charge in [-0.2, -0.15) is 0 Å². The van der Waals surface area contributed by atoms with Crippen LogP contribution in [0.25, 0.3) is 0 Å². The highest BCUT2D eigenvalue weighted by molar-refractivity contribution is 6.03. The van der Waals surface area contributed by atoms with E-state index in [9.17, 15) is 0 Å². The number of nitrogens with zero attached hydrogens (tertiary/aromatic N) is 1. The lowest BCUT2D eigenvalue weighted by Gasteiger charge is -2.23. The first-order valence-electron chi connectivity index (χ1n) is 4.33. The fourth-order valence-corrected chi connectivity index (χ4v) is 1.27. The predicted octanol–water partition coefficient (Wildman–Crippen LogP) is 1.45. The minimum Gasteiger partial charge on any atom is -0.467 e. The van der Waals surface area contributed by atoms with E-state index in [0.29, 0.717) is 5.88 Å². The maximum Gasteiger partial charge on any atom is 0.187 e. The Balaban J connectivity index is 2.89. The second-order valence-electron chi connectivity index (χ2n) is 3.09. The van der Waals surface area contributed by atoms with Crippen molar-refractivity contribution in [3.63, 3.8) is 0 Å². The molecule has 0 saturated carbocycles. The van der Waals surface area contributed by atoms with Crippen molar-refractivity contribution in [3.05, 3.63) is 12.0 Å². The zero-order chi connectivity index (χ0) is 9.19. The van der Waals surface area contributed by atoms with Crippen LogP contribution >= 0.6 is 0 Å². The minimum absolute atomic E-state index is 0.292. The molecular weight excluding hydrogens is 152 g/mol. The van der Waals surface area contributed by atoms with E-state index in [0.717, 1.165) is 18.7 Å². The molecule has 0 aliphatic carbocycles. The molecular formula is C9H16N2O. The molecule has 3 heteroatoms. The standard InChI is InChI=1S/C9H16N2O/c1-4-9(3)7(11-5-2)6-8(10)12-9/h6H,4-5,10H2,1-3H3. The van der Waals surface area contributed by atoms with Gasteiger partial charge >= 0.3 is 0 Å². The van der Waals surface area contributed by atoms with Gasteiger partial charge in [0.15, 0.2) is 5.88 Å². The van der Waals surface area contributed by atoms with Crippen molar-refractivity contribution in [3.8, 4) is 0 Å². The van der Waals surface area contributed by atoms with Gasteiger partial charge in [-0.1, -0.05) is 6.92 Å². The average Bonchev–Trinajstić information content (AvgIpc) is 2.29. The Morgan fingerprint density at radius 1 is 1.58 bits per heavy atom. The average molecular weight is 168 g/mol. The van der Waals surface area contributed by atoms with Gasteiger partial charge in [0.1, 0.15) is 5.60 Å². The summed E-state index contributed by atoms with van der Waals surface area (Å²) in [6.45, 7) is 6.86. The molecule has 1 rings (SSSR count). The van der Waals surface area contributed by atoms with E-state index in [2.05, 4.69) is 11.9 Å². The Bertz CT molecular complexity index is 233. The Hall–Kier alpha value is -0.990. The van der Waals surface area contributed by atoms with Gasteiger partial charge in [0, 0.05) is 12.6 Å². The molecule has 12 heavy (non-hydrogen) atoms. The second-order valence-corrected chi connectivity index (χ2v) is 3.09. The summed E-state index contributed by atoms with van der Waals surface area (Å²) in [5.74, 6) is 0.478. The molecule has 0 aromatic heterocycles. The maximum atomic E-state index is 5.56. The molecule has 0 spiro atoms. The summed E-state index contributed by atoms with van der Waals surface area (Å²) in [7, 11) is 0. The van der Waals surface area contributed by atoms with E-state index in [1.165, 1.54) is 0 Å². The molecule has 0 aromatic rings. The fourth-order valence-electron chi connectivity index (χ4n) is 1.27. The molecule has 1 aliphatic heterocycles. The Morgan fingerprint density at radius 3 is 2.75 bits per heavy atom. The van der Waals surface area contributed by atoms with Crippen LogP contribution < -0.4 is 5.73 Å². The van der Waals surface area contributed by atoms with E-state index in [4.69, 9.17) is 10.5 Å². The number of rotatable bonds is 2. The quantitative estimate of drug-likeness (QED) is 0.678. The molecule has 0 fully saturated rings. The monoisotopic (exact) mass is 168 g/mol. The van der Waals surface area contributed by atoms with E-state index in [1.54, 1.807) is 0 Å². The highest BCUT2D eigenvalue weighted by Crippen LogP contribution is 2.26. The zero-order valence-corrected chi connectivity index (χ0v) is 7.92. The molecule has 1 atom stereocenters. The van der Waals surface area contributed by atoms with E-state index >= 15 is 0 Å². The van der Waals surface area contributed by atoms with E-state index < -0.39 is 0 Å². The fraction of sp³-hybridized carbons (Fsp3) is 0.667. The minimum atomic E-state index is -0.292. The van der Waals surface area contributed by atoms with Crippen LogP contribution in [0.3, 0.4) is 0 Å². The van der Waals surface area contributed by atoms with Gasteiger partial charge in [0.05, 0.1) is 5.71 Å². The van der Waals surface area contributed by atoms with Crippen molar-refractivity contribution in [2.45, 2.75) is 32.8 Å². The highest BCUT2D eigenvalue weighted by atomic mass is 16.5. The summed E-state index contributed by atoms with van der Waals surface area (Å²) in [4.78, 5) is 4.33. The molecule has 1 aliphatic rings. The summed E-state index contributed by atoms with van der Waals surface area (Å²) < 4.78 is 5.47. The van der Waals surface area contributed by atoms with Gasteiger partial charge in [0.2, 0.25) is 0 Å². The molecule has 1 heterocycles. The third-order valence-electron chi connectivity index (χ3n) is 2.17. The van der Waals surface area contributed by atoms with Crippen molar-refractivity contribution in [2.24, 2.45) is 10.7 Å². The molecule has 0 aromatic carbocycles. The smallest absolute Gasteiger partial charge is 0.187 e. The Morgan fingerprint density at radius 2 is 2.25 bits per heavy atom. The Kier molecular flexibility index (Phi) is 2.40.